The summed E-state index contributed by atoms with van der Waals surface area (Å²) < 4.78 is 37.3. The summed E-state index contributed by atoms with van der Waals surface area (Å²) in [5, 5.41) is 0. The number of fused-ring (bicyclic) bond motifs is 1. The van der Waals surface area contributed by atoms with E-state index in [9.17, 15) is 13.2 Å². The van der Waals surface area contributed by atoms with Gasteiger partial charge in [0.2, 0.25) is 5.82 Å². The van der Waals surface area contributed by atoms with Crippen LogP contribution in [-0.2, 0) is 6.18 Å². The summed E-state index contributed by atoms with van der Waals surface area (Å²) in [5.74, 6) is 0.0105. The summed E-state index contributed by atoms with van der Waals surface area (Å²) in [4.78, 5) is 6.77. The Morgan fingerprint density at radius 2 is 2.12 bits per heavy atom. The molecular weight excluding hydrogens is 249 g/mol. The van der Waals surface area contributed by atoms with Gasteiger partial charge in [0.25, 0.3) is 0 Å². The van der Waals surface area contributed by atoms with Gasteiger partial charge in [-0.2, -0.15) is 13.2 Å². The summed E-state index contributed by atoms with van der Waals surface area (Å²) in [7, 11) is 0. The molecule has 0 aliphatic carbocycles. The Morgan fingerprint density at radius 1 is 1.35 bits per heavy atom. The number of rotatable bonds is 3. The molecule has 0 atom stereocenters. The van der Waals surface area contributed by atoms with Gasteiger partial charge in [0.1, 0.15) is 0 Å². The molecule has 6 heteroatoms. The smallest absolute Gasteiger partial charge is 0.334 e. The van der Waals surface area contributed by atoms with Crippen LogP contribution in [0.25, 0.3) is 11.0 Å². The van der Waals surface area contributed by atoms with Crippen LogP contribution in [0.1, 0.15) is 19.2 Å². The third-order valence-electron chi connectivity index (χ3n) is 2.19. The Balaban J connectivity index is 2.34. The first-order valence-electron chi connectivity index (χ1n) is 5.20. The van der Waals surface area contributed by atoms with Gasteiger partial charge in [0.05, 0.1) is 11.0 Å². The molecule has 0 saturated heterocycles. The SMILES string of the molecule is CCCSc1ccc2nc(C(F)(F)F)[nH]c2c1. The second-order valence-electron chi connectivity index (χ2n) is 3.61. The van der Waals surface area contributed by atoms with Crippen molar-refractivity contribution in [3.8, 4) is 0 Å². The van der Waals surface area contributed by atoms with Crippen molar-refractivity contribution in [3.05, 3.63) is 24.0 Å². The fourth-order valence-electron chi connectivity index (χ4n) is 1.43. The minimum absolute atomic E-state index is 0.346. The van der Waals surface area contributed by atoms with Crippen molar-refractivity contribution in [1.82, 2.24) is 9.97 Å². The van der Waals surface area contributed by atoms with Crippen LogP contribution in [0.5, 0.6) is 0 Å². The number of alkyl halides is 3. The van der Waals surface area contributed by atoms with E-state index < -0.39 is 12.0 Å². The highest BCUT2D eigenvalue weighted by molar-refractivity contribution is 7.99. The predicted molar refractivity (Wildman–Crippen MR) is 62.1 cm³/mol. The number of hydrogen-bond acceptors (Lipinski definition) is 2. The summed E-state index contributed by atoms with van der Waals surface area (Å²) in [6, 6.07) is 5.11. The Kier molecular flexibility index (Phi) is 3.33. The second-order valence-corrected chi connectivity index (χ2v) is 4.78. The third-order valence-corrected chi connectivity index (χ3v) is 3.39. The number of halogens is 3. The van der Waals surface area contributed by atoms with Gasteiger partial charge in [-0.3, -0.25) is 0 Å². The summed E-state index contributed by atoms with van der Waals surface area (Å²) in [5.41, 5.74) is 0.775. The standard InChI is InChI=1S/C11H11F3N2S/c1-2-5-17-7-3-4-8-9(6-7)16-10(15-8)11(12,13)14/h3-4,6H,2,5H2,1H3,(H,15,16). The van der Waals surface area contributed by atoms with Crippen molar-refractivity contribution in [2.24, 2.45) is 0 Å². The van der Waals surface area contributed by atoms with Gasteiger partial charge in [0.15, 0.2) is 0 Å². The Labute approximate surface area is 101 Å². The van der Waals surface area contributed by atoms with Crippen LogP contribution < -0.4 is 0 Å². The quantitative estimate of drug-likeness (QED) is 0.842. The molecule has 1 N–H and O–H groups in total. The monoisotopic (exact) mass is 260 g/mol. The number of hydrogen-bond donors (Lipinski definition) is 1. The normalized spacial score (nSPS) is 12.2. The van der Waals surface area contributed by atoms with Crippen molar-refractivity contribution in [1.29, 1.82) is 0 Å². The van der Waals surface area contributed by atoms with Crippen LogP contribution in [0, 0.1) is 0 Å². The molecule has 0 fully saturated rings. The molecule has 1 aromatic carbocycles. The fraction of sp³-hybridized carbons (Fsp3) is 0.364. The summed E-state index contributed by atoms with van der Waals surface area (Å²) in [6.07, 6.45) is -3.39. The number of aromatic nitrogens is 2. The first-order valence-corrected chi connectivity index (χ1v) is 6.19. The van der Waals surface area contributed by atoms with E-state index in [4.69, 9.17) is 0 Å². The average molecular weight is 260 g/mol. The predicted octanol–water partition coefficient (Wildman–Crippen LogP) is 4.08. The molecule has 0 bridgehead atoms. The lowest BCUT2D eigenvalue weighted by Crippen LogP contribution is -2.06. The zero-order valence-electron chi connectivity index (χ0n) is 9.14. The molecule has 17 heavy (non-hydrogen) atoms. The minimum Gasteiger partial charge on any atom is -0.334 e. The number of benzene rings is 1. The number of imidazole rings is 1. The molecule has 2 aromatic rings. The number of H-pyrrole nitrogens is 1. The van der Waals surface area contributed by atoms with E-state index in [0.717, 1.165) is 17.1 Å². The molecule has 0 amide bonds. The first-order chi connectivity index (χ1) is 8.00. The number of aromatic amines is 1. The lowest BCUT2D eigenvalue weighted by molar-refractivity contribution is -0.144. The van der Waals surface area contributed by atoms with Crippen molar-refractivity contribution in [2.75, 3.05) is 5.75 Å². The van der Waals surface area contributed by atoms with Gasteiger partial charge < -0.3 is 4.98 Å². The van der Waals surface area contributed by atoms with Gasteiger partial charge in [0, 0.05) is 4.90 Å². The van der Waals surface area contributed by atoms with Crippen LogP contribution >= 0.6 is 11.8 Å². The second kappa shape index (κ2) is 4.60. The fourth-order valence-corrected chi connectivity index (χ4v) is 2.24. The van der Waals surface area contributed by atoms with Crippen molar-refractivity contribution in [2.45, 2.75) is 24.4 Å². The first kappa shape index (κ1) is 12.3. The van der Waals surface area contributed by atoms with Gasteiger partial charge in [-0.25, -0.2) is 4.98 Å². The maximum absolute atomic E-state index is 12.4. The molecule has 0 saturated carbocycles. The van der Waals surface area contributed by atoms with Crippen molar-refractivity contribution >= 4 is 22.8 Å². The van der Waals surface area contributed by atoms with E-state index in [2.05, 4.69) is 16.9 Å². The number of nitrogens with one attached hydrogen (secondary N) is 1. The zero-order chi connectivity index (χ0) is 12.5. The minimum atomic E-state index is -4.42. The van der Waals surface area contributed by atoms with Crippen molar-refractivity contribution < 1.29 is 13.2 Å². The van der Waals surface area contributed by atoms with Crippen LogP contribution in [0.4, 0.5) is 13.2 Å². The summed E-state index contributed by atoms with van der Waals surface area (Å²) in [6.45, 7) is 2.06. The van der Waals surface area contributed by atoms with E-state index in [-0.39, 0.29) is 0 Å². The molecular formula is C11H11F3N2S. The highest BCUT2D eigenvalue weighted by Gasteiger charge is 2.34. The molecule has 1 aromatic heterocycles. The van der Waals surface area contributed by atoms with Crippen LogP contribution in [-0.4, -0.2) is 15.7 Å². The Morgan fingerprint density at radius 3 is 2.76 bits per heavy atom. The van der Waals surface area contributed by atoms with E-state index >= 15 is 0 Å². The zero-order valence-corrected chi connectivity index (χ0v) is 9.95. The Bertz CT molecular complexity index is 519. The van der Waals surface area contributed by atoms with Gasteiger partial charge >= 0.3 is 6.18 Å². The Hall–Kier alpha value is -1.17. The molecule has 0 spiro atoms. The topological polar surface area (TPSA) is 28.7 Å². The van der Waals surface area contributed by atoms with Gasteiger partial charge in [-0.05, 0) is 30.4 Å². The van der Waals surface area contributed by atoms with Crippen LogP contribution in [0.2, 0.25) is 0 Å². The lowest BCUT2D eigenvalue weighted by atomic mass is 10.3. The number of thioether (sulfide) groups is 1. The molecule has 92 valence electrons. The van der Waals surface area contributed by atoms with Crippen LogP contribution in [0.15, 0.2) is 23.1 Å². The maximum atomic E-state index is 12.4. The maximum Gasteiger partial charge on any atom is 0.449 e. The van der Waals surface area contributed by atoms with E-state index in [1.54, 1.807) is 30.0 Å². The molecule has 0 radical (unpaired) electrons. The third kappa shape index (κ3) is 2.74. The van der Waals surface area contributed by atoms with E-state index in [1.807, 2.05) is 0 Å². The lowest BCUT2D eigenvalue weighted by Gasteiger charge is -1.99. The molecule has 0 aliphatic rings. The molecule has 1 heterocycles. The molecule has 2 rings (SSSR count). The molecule has 0 aliphatic heterocycles. The largest absolute Gasteiger partial charge is 0.449 e. The van der Waals surface area contributed by atoms with Gasteiger partial charge in [-0.1, -0.05) is 6.92 Å². The van der Waals surface area contributed by atoms with Crippen LogP contribution in [0.3, 0.4) is 0 Å². The molecule has 2 nitrogen and oxygen atoms in total. The molecule has 0 unspecified atom stereocenters. The summed E-state index contributed by atoms with van der Waals surface area (Å²) >= 11 is 1.62. The highest BCUT2D eigenvalue weighted by atomic mass is 32.2. The highest BCUT2D eigenvalue weighted by Crippen LogP contribution is 2.30. The van der Waals surface area contributed by atoms with Gasteiger partial charge in [-0.15, -0.1) is 11.8 Å². The number of nitrogens with zero attached hydrogens (tertiary/aromatic N) is 1. The van der Waals surface area contributed by atoms with E-state index in [0.29, 0.717) is 11.0 Å². The van der Waals surface area contributed by atoms with Crippen molar-refractivity contribution in [3.63, 3.8) is 0 Å². The van der Waals surface area contributed by atoms with E-state index in [1.165, 1.54) is 0 Å². The average Bonchev–Trinajstić information content (AvgIpc) is 2.68.